The number of rotatable bonds is 4. The van der Waals surface area contributed by atoms with Crippen LogP contribution in [0, 0.1) is 5.82 Å². The predicted molar refractivity (Wildman–Crippen MR) is 102 cm³/mol. The van der Waals surface area contributed by atoms with Gasteiger partial charge in [0.1, 0.15) is 16.3 Å². The molecule has 0 amide bonds. The number of hydrogen-bond donors (Lipinski definition) is 2. The third kappa shape index (κ3) is 3.37. The molecule has 4 aromatic rings. The molecule has 0 aliphatic heterocycles. The van der Waals surface area contributed by atoms with Crippen LogP contribution in [0.4, 0.5) is 4.39 Å². The van der Waals surface area contributed by atoms with Crippen molar-refractivity contribution in [2.75, 3.05) is 0 Å². The number of hydrogen-bond acceptors (Lipinski definition) is 4. The standard InChI is InChI=1S/C20H13FN2O3S/c21-13-7-5-11(6-8-13)16-10-15-18(27-16)19(24)23-17(22-15)9-12-3-1-2-4-14(12)20(25)26/h1-8,10H,9H2,(H,25,26)(H,22,23,24). The second-order valence-corrected chi connectivity index (χ2v) is 7.04. The first-order valence-electron chi connectivity index (χ1n) is 8.11. The van der Waals surface area contributed by atoms with Crippen LogP contribution in [0.5, 0.6) is 0 Å². The van der Waals surface area contributed by atoms with Crippen molar-refractivity contribution in [1.82, 2.24) is 9.97 Å². The van der Waals surface area contributed by atoms with Crippen LogP contribution in [0.15, 0.2) is 59.4 Å². The summed E-state index contributed by atoms with van der Waals surface area (Å²) in [5.41, 5.74) is 1.81. The van der Waals surface area contributed by atoms with Crippen LogP contribution in [-0.4, -0.2) is 21.0 Å². The van der Waals surface area contributed by atoms with E-state index in [4.69, 9.17) is 0 Å². The first-order valence-corrected chi connectivity index (χ1v) is 8.93. The maximum absolute atomic E-state index is 13.1. The number of fused-ring (bicyclic) bond motifs is 1. The summed E-state index contributed by atoms with van der Waals surface area (Å²) in [4.78, 5) is 31.8. The van der Waals surface area contributed by atoms with Crippen LogP contribution in [0.2, 0.25) is 0 Å². The van der Waals surface area contributed by atoms with Crippen molar-refractivity contribution in [3.63, 3.8) is 0 Å². The number of aromatic amines is 1. The van der Waals surface area contributed by atoms with E-state index in [0.717, 1.165) is 10.4 Å². The number of aromatic nitrogens is 2. The van der Waals surface area contributed by atoms with E-state index in [1.807, 2.05) is 0 Å². The Morgan fingerprint density at radius 3 is 2.63 bits per heavy atom. The predicted octanol–water partition coefficient (Wildman–Crippen LogP) is 4.08. The van der Waals surface area contributed by atoms with E-state index in [2.05, 4.69) is 9.97 Å². The first-order chi connectivity index (χ1) is 13.0. The van der Waals surface area contributed by atoms with Crippen molar-refractivity contribution in [2.45, 2.75) is 6.42 Å². The van der Waals surface area contributed by atoms with E-state index in [-0.39, 0.29) is 23.4 Å². The lowest BCUT2D eigenvalue weighted by Gasteiger charge is -2.05. The van der Waals surface area contributed by atoms with Gasteiger partial charge >= 0.3 is 5.97 Å². The highest BCUT2D eigenvalue weighted by molar-refractivity contribution is 7.22. The maximum atomic E-state index is 13.1. The summed E-state index contributed by atoms with van der Waals surface area (Å²) in [6.45, 7) is 0. The second-order valence-electron chi connectivity index (χ2n) is 5.98. The number of nitrogens with one attached hydrogen (secondary N) is 1. The zero-order valence-electron chi connectivity index (χ0n) is 13.9. The zero-order chi connectivity index (χ0) is 19.0. The van der Waals surface area contributed by atoms with Crippen LogP contribution >= 0.6 is 11.3 Å². The summed E-state index contributed by atoms with van der Waals surface area (Å²) < 4.78 is 13.6. The highest BCUT2D eigenvalue weighted by Gasteiger charge is 2.14. The monoisotopic (exact) mass is 380 g/mol. The van der Waals surface area contributed by atoms with Gasteiger partial charge < -0.3 is 10.1 Å². The highest BCUT2D eigenvalue weighted by Crippen LogP contribution is 2.31. The van der Waals surface area contributed by atoms with E-state index in [0.29, 0.717) is 21.6 Å². The molecule has 0 saturated heterocycles. The number of thiophene rings is 1. The molecule has 0 saturated carbocycles. The molecule has 0 atom stereocenters. The number of carboxylic acids is 1. The summed E-state index contributed by atoms with van der Waals surface area (Å²) in [5.74, 6) is -0.956. The third-order valence-corrected chi connectivity index (χ3v) is 5.34. The Morgan fingerprint density at radius 2 is 1.89 bits per heavy atom. The molecule has 4 rings (SSSR count). The Hall–Kier alpha value is -3.32. The van der Waals surface area contributed by atoms with Gasteiger partial charge in [-0.05, 0) is 35.4 Å². The van der Waals surface area contributed by atoms with Gasteiger partial charge in [-0.25, -0.2) is 14.2 Å². The molecule has 2 aromatic heterocycles. The zero-order valence-corrected chi connectivity index (χ0v) is 14.7. The van der Waals surface area contributed by atoms with Crippen molar-refractivity contribution >= 4 is 27.5 Å². The van der Waals surface area contributed by atoms with E-state index < -0.39 is 5.97 Å². The fourth-order valence-corrected chi connectivity index (χ4v) is 3.89. The maximum Gasteiger partial charge on any atom is 0.335 e. The molecule has 27 heavy (non-hydrogen) atoms. The Bertz CT molecular complexity index is 1210. The molecule has 0 bridgehead atoms. The van der Waals surface area contributed by atoms with Gasteiger partial charge in [0.2, 0.25) is 0 Å². The average Bonchev–Trinajstić information content (AvgIpc) is 3.07. The number of H-pyrrole nitrogens is 1. The normalized spacial score (nSPS) is 11.0. The molecule has 7 heteroatoms. The van der Waals surface area contributed by atoms with Crippen LogP contribution in [-0.2, 0) is 6.42 Å². The SMILES string of the molecule is O=C(O)c1ccccc1Cc1nc2cc(-c3ccc(F)cc3)sc2c(=O)[nH]1. The Labute approximate surface area is 156 Å². The van der Waals surface area contributed by atoms with Gasteiger partial charge in [-0.1, -0.05) is 30.3 Å². The summed E-state index contributed by atoms with van der Waals surface area (Å²) in [6, 6.07) is 14.4. The average molecular weight is 380 g/mol. The first kappa shape index (κ1) is 17.1. The van der Waals surface area contributed by atoms with E-state index in [1.54, 1.807) is 36.4 Å². The third-order valence-electron chi connectivity index (χ3n) is 4.17. The number of carboxylic acid groups (broad SMARTS) is 1. The Kier molecular flexibility index (Phi) is 4.29. The number of carbonyl (C=O) groups is 1. The van der Waals surface area contributed by atoms with Crippen molar-refractivity contribution in [3.05, 3.63) is 87.7 Å². The van der Waals surface area contributed by atoms with Crippen molar-refractivity contribution in [2.24, 2.45) is 0 Å². The molecule has 0 aliphatic rings. The second kappa shape index (κ2) is 6.77. The lowest BCUT2D eigenvalue weighted by atomic mass is 10.0. The van der Waals surface area contributed by atoms with E-state index in [9.17, 15) is 19.1 Å². The fourth-order valence-electron chi connectivity index (χ4n) is 2.89. The highest BCUT2D eigenvalue weighted by atomic mass is 32.1. The minimum absolute atomic E-state index is 0.178. The minimum atomic E-state index is -1.02. The topological polar surface area (TPSA) is 83.0 Å². The number of aromatic carboxylic acids is 1. The molecule has 0 radical (unpaired) electrons. The van der Waals surface area contributed by atoms with Gasteiger partial charge in [-0.2, -0.15) is 0 Å². The van der Waals surface area contributed by atoms with E-state index in [1.165, 1.54) is 29.5 Å². The molecular formula is C20H13FN2O3S. The van der Waals surface area contributed by atoms with Crippen LogP contribution in [0.3, 0.4) is 0 Å². The summed E-state index contributed by atoms with van der Waals surface area (Å²) >= 11 is 1.28. The molecule has 2 N–H and O–H groups in total. The van der Waals surface area contributed by atoms with Gasteiger partial charge in [0.15, 0.2) is 0 Å². The number of nitrogens with zero attached hydrogens (tertiary/aromatic N) is 1. The van der Waals surface area contributed by atoms with Crippen LogP contribution in [0.25, 0.3) is 20.7 Å². The fraction of sp³-hybridized carbons (Fsp3) is 0.0500. The lowest BCUT2D eigenvalue weighted by Crippen LogP contribution is -2.12. The molecule has 0 spiro atoms. The van der Waals surface area contributed by atoms with Crippen molar-refractivity contribution in [3.8, 4) is 10.4 Å². The summed E-state index contributed by atoms with van der Waals surface area (Å²) in [6.07, 6.45) is 0.204. The van der Waals surface area contributed by atoms with Gasteiger partial charge in [0, 0.05) is 11.3 Å². The molecule has 0 unspecified atom stereocenters. The van der Waals surface area contributed by atoms with Gasteiger partial charge in [-0.15, -0.1) is 11.3 Å². The largest absolute Gasteiger partial charge is 0.478 e. The molecular weight excluding hydrogens is 367 g/mol. The minimum Gasteiger partial charge on any atom is -0.478 e. The van der Waals surface area contributed by atoms with Crippen LogP contribution < -0.4 is 5.56 Å². The lowest BCUT2D eigenvalue weighted by molar-refractivity contribution is 0.0696. The summed E-state index contributed by atoms with van der Waals surface area (Å²) in [7, 11) is 0. The molecule has 0 fully saturated rings. The van der Waals surface area contributed by atoms with E-state index >= 15 is 0 Å². The van der Waals surface area contributed by atoms with Crippen LogP contribution in [0.1, 0.15) is 21.7 Å². The van der Waals surface area contributed by atoms with Gasteiger partial charge in [0.05, 0.1) is 11.1 Å². The number of halogens is 1. The summed E-state index contributed by atoms with van der Waals surface area (Å²) in [5, 5.41) is 9.30. The molecule has 2 heterocycles. The van der Waals surface area contributed by atoms with Crippen molar-refractivity contribution < 1.29 is 14.3 Å². The molecule has 0 aliphatic carbocycles. The van der Waals surface area contributed by atoms with Gasteiger partial charge in [0.25, 0.3) is 5.56 Å². The number of benzene rings is 2. The molecule has 134 valence electrons. The molecule has 2 aromatic carbocycles. The Balaban J connectivity index is 1.75. The van der Waals surface area contributed by atoms with Crippen molar-refractivity contribution in [1.29, 1.82) is 0 Å². The smallest absolute Gasteiger partial charge is 0.335 e. The quantitative estimate of drug-likeness (QED) is 0.559. The Morgan fingerprint density at radius 1 is 1.15 bits per heavy atom. The van der Waals surface area contributed by atoms with Gasteiger partial charge in [-0.3, -0.25) is 4.79 Å². The molecule has 5 nitrogen and oxygen atoms in total.